The molecule has 0 aliphatic carbocycles. The van der Waals surface area contributed by atoms with Crippen LogP contribution < -0.4 is 51.4 Å². The molecule has 0 bridgehead atoms. The van der Waals surface area contributed by atoms with Gasteiger partial charge in [0.2, 0.25) is 0 Å². The minimum absolute atomic E-state index is 0. The molecule has 0 aliphatic heterocycles. The number of rotatable bonds is 19. The maximum atomic E-state index is 11.4. The number of aliphatic hydroxyl groups is 1. The van der Waals surface area contributed by atoms with Crippen molar-refractivity contribution in [2.24, 2.45) is 0 Å². The maximum absolute atomic E-state index is 11.4. The molecule has 0 fully saturated rings. The van der Waals surface area contributed by atoms with Crippen LogP contribution >= 0.6 is 0 Å². The molecule has 0 saturated carbocycles. The molecule has 4 nitrogen and oxygen atoms in total. The molecule has 0 aliphatic rings. The first-order valence-corrected chi connectivity index (χ1v) is 12.5. The van der Waals surface area contributed by atoms with Crippen molar-refractivity contribution in [2.75, 3.05) is 0 Å². The molecule has 0 aromatic rings. The summed E-state index contributed by atoms with van der Waals surface area (Å²) in [7, 11) is -4.14. The molecule has 0 spiro atoms. The molecule has 0 amide bonds. The second kappa shape index (κ2) is 20.8. The molecule has 158 valence electrons. The SMILES string of the molecule is CCCCCCCC(CCCCCCCCCCCC(C)O)S(=O)(=O)[O-].[K+]. The van der Waals surface area contributed by atoms with Crippen molar-refractivity contribution in [3.8, 4) is 0 Å². The fourth-order valence-electron chi connectivity index (χ4n) is 3.46. The molecule has 0 aromatic carbocycles. The summed E-state index contributed by atoms with van der Waals surface area (Å²) in [6.45, 7) is 4.00. The second-order valence-electron chi connectivity index (χ2n) is 7.93. The molecule has 1 N–H and O–H groups in total. The smallest absolute Gasteiger partial charge is 0.748 e. The van der Waals surface area contributed by atoms with Gasteiger partial charge in [0.15, 0.2) is 0 Å². The van der Waals surface area contributed by atoms with Crippen LogP contribution in [-0.4, -0.2) is 29.4 Å². The van der Waals surface area contributed by atoms with Crippen molar-refractivity contribution in [1.82, 2.24) is 0 Å². The number of aliphatic hydroxyl groups excluding tert-OH is 1. The van der Waals surface area contributed by atoms with E-state index in [9.17, 15) is 18.1 Å². The van der Waals surface area contributed by atoms with Gasteiger partial charge in [-0.05, 0) is 26.2 Å². The van der Waals surface area contributed by atoms with Crippen LogP contribution in [-0.2, 0) is 10.1 Å². The Labute approximate surface area is 211 Å². The van der Waals surface area contributed by atoms with Crippen LogP contribution in [0.3, 0.4) is 0 Å². The Balaban J connectivity index is 0. The van der Waals surface area contributed by atoms with Crippen molar-refractivity contribution in [3.05, 3.63) is 0 Å². The molecule has 6 heteroatoms. The predicted molar refractivity (Wildman–Crippen MR) is 109 cm³/mol. The topological polar surface area (TPSA) is 77.4 Å². The van der Waals surface area contributed by atoms with Gasteiger partial charge >= 0.3 is 51.4 Å². The Hall–Kier alpha value is 1.51. The van der Waals surface area contributed by atoms with Crippen LogP contribution in [0, 0.1) is 0 Å². The number of unbranched alkanes of at least 4 members (excludes halogenated alkanes) is 12. The van der Waals surface area contributed by atoms with Crippen LogP contribution in [0.25, 0.3) is 0 Å². The minimum Gasteiger partial charge on any atom is -0.748 e. The van der Waals surface area contributed by atoms with E-state index in [1.165, 1.54) is 44.9 Å². The fraction of sp³-hybridized carbons (Fsp3) is 1.00. The minimum atomic E-state index is -4.14. The summed E-state index contributed by atoms with van der Waals surface area (Å²) in [4.78, 5) is 0. The van der Waals surface area contributed by atoms with Crippen molar-refractivity contribution < 1.29 is 69.5 Å². The van der Waals surface area contributed by atoms with Gasteiger partial charge in [0, 0.05) is 5.25 Å². The molecule has 0 heterocycles. The zero-order valence-electron chi connectivity index (χ0n) is 18.3. The summed E-state index contributed by atoms with van der Waals surface area (Å²) in [6.07, 6.45) is 17.5. The van der Waals surface area contributed by atoms with E-state index in [2.05, 4.69) is 6.92 Å². The van der Waals surface area contributed by atoms with Crippen molar-refractivity contribution in [1.29, 1.82) is 0 Å². The van der Waals surface area contributed by atoms with E-state index in [4.69, 9.17) is 0 Å². The van der Waals surface area contributed by atoms with Gasteiger partial charge < -0.3 is 9.66 Å². The largest absolute Gasteiger partial charge is 1.00 e. The second-order valence-corrected chi connectivity index (χ2v) is 9.58. The number of hydrogen-bond donors (Lipinski definition) is 1. The van der Waals surface area contributed by atoms with E-state index in [1.54, 1.807) is 0 Å². The fourth-order valence-corrected chi connectivity index (χ4v) is 4.37. The summed E-state index contributed by atoms with van der Waals surface area (Å²) in [6, 6.07) is 0. The molecule has 2 unspecified atom stereocenters. The maximum Gasteiger partial charge on any atom is 1.00 e. The van der Waals surface area contributed by atoms with E-state index in [-0.39, 0.29) is 57.5 Å². The molecule has 0 aromatic heterocycles. The molecule has 27 heavy (non-hydrogen) atoms. The van der Waals surface area contributed by atoms with Gasteiger partial charge in [-0.15, -0.1) is 0 Å². The molecule has 2 atom stereocenters. The van der Waals surface area contributed by atoms with E-state index in [1.807, 2.05) is 6.92 Å². The summed E-state index contributed by atoms with van der Waals surface area (Å²) < 4.78 is 34.2. The van der Waals surface area contributed by atoms with Gasteiger partial charge in [0.1, 0.15) is 0 Å². The molecular weight excluding hydrogens is 387 g/mol. The monoisotopic (exact) mass is 430 g/mol. The standard InChI is InChI=1S/C21H44O4S.K/c1-3-4-5-11-15-18-21(26(23,24)25)19-16-13-10-8-6-7-9-12-14-17-20(2)22;/h20-22H,3-19H2,1-2H3,(H,23,24,25);/q;+1/p-1. The van der Waals surface area contributed by atoms with Gasteiger partial charge in [-0.2, -0.15) is 0 Å². The van der Waals surface area contributed by atoms with Crippen LogP contribution in [0.5, 0.6) is 0 Å². The van der Waals surface area contributed by atoms with Gasteiger partial charge in [0.25, 0.3) is 0 Å². The first-order chi connectivity index (χ1) is 12.4. The zero-order chi connectivity index (χ0) is 19.7. The number of hydrogen-bond acceptors (Lipinski definition) is 4. The third-order valence-electron chi connectivity index (χ3n) is 5.19. The average Bonchev–Trinajstić information content (AvgIpc) is 2.56. The Morgan fingerprint density at radius 1 is 0.704 bits per heavy atom. The quantitative estimate of drug-likeness (QED) is 0.194. The molecule has 0 rings (SSSR count). The Kier molecular flexibility index (Phi) is 23.6. The van der Waals surface area contributed by atoms with Gasteiger partial charge in [0.05, 0.1) is 16.2 Å². The van der Waals surface area contributed by atoms with Gasteiger partial charge in [-0.25, -0.2) is 8.42 Å². The van der Waals surface area contributed by atoms with Crippen molar-refractivity contribution in [2.45, 2.75) is 134 Å². The van der Waals surface area contributed by atoms with Crippen LogP contribution in [0.15, 0.2) is 0 Å². The third kappa shape index (κ3) is 22.0. The van der Waals surface area contributed by atoms with Gasteiger partial charge in [-0.3, -0.25) is 0 Å². The van der Waals surface area contributed by atoms with Gasteiger partial charge in [-0.1, -0.05) is 96.8 Å². The summed E-state index contributed by atoms with van der Waals surface area (Å²) >= 11 is 0. The third-order valence-corrected chi connectivity index (χ3v) is 6.47. The summed E-state index contributed by atoms with van der Waals surface area (Å²) in [5.41, 5.74) is 0. The first-order valence-electron chi connectivity index (χ1n) is 11.0. The van der Waals surface area contributed by atoms with Crippen molar-refractivity contribution >= 4 is 10.1 Å². The normalized spacial score (nSPS) is 13.9. The van der Waals surface area contributed by atoms with E-state index in [0.717, 1.165) is 51.4 Å². The predicted octanol–water partition coefficient (Wildman–Crippen LogP) is 2.94. The Bertz CT molecular complexity index is 399. The first kappa shape index (κ1) is 30.7. The Morgan fingerprint density at radius 3 is 1.37 bits per heavy atom. The summed E-state index contributed by atoms with van der Waals surface area (Å²) in [5, 5.41) is 8.52. The van der Waals surface area contributed by atoms with E-state index < -0.39 is 15.4 Å². The molecular formula is C21H43KO4S. The van der Waals surface area contributed by atoms with Crippen LogP contribution in [0.1, 0.15) is 123 Å². The van der Waals surface area contributed by atoms with Crippen LogP contribution in [0.2, 0.25) is 0 Å². The summed E-state index contributed by atoms with van der Waals surface area (Å²) in [5.74, 6) is 0. The zero-order valence-corrected chi connectivity index (χ0v) is 22.2. The van der Waals surface area contributed by atoms with E-state index in [0.29, 0.717) is 12.8 Å². The van der Waals surface area contributed by atoms with Crippen molar-refractivity contribution in [3.63, 3.8) is 0 Å². The average molecular weight is 431 g/mol. The molecule has 0 saturated heterocycles. The Morgan fingerprint density at radius 2 is 1.04 bits per heavy atom. The van der Waals surface area contributed by atoms with E-state index >= 15 is 0 Å². The molecule has 0 radical (unpaired) electrons. The van der Waals surface area contributed by atoms with Crippen LogP contribution in [0.4, 0.5) is 0 Å².